The largest absolute Gasteiger partial charge is 0.396 e. The minimum atomic E-state index is -4.45. The number of urea groups is 1. The Hall–Kier alpha value is -2.62. The topological polar surface area (TPSA) is 78.4 Å². The number of amides is 3. The van der Waals surface area contributed by atoms with Crippen LogP contribution in [0.5, 0.6) is 0 Å². The third-order valence-electron chi connectivity index (χ3n) is 4.64. The van der Waals surface area contributed by atoms with Gasteiger partial charge < -0.3 is 10.2 Å². The van der Waals surface area contributed by atoms with E-state index in [1.165, 1.54) is 47.6 Å². The van der Waals surface area contributed by atoms with Crippen LogP contribution in [-0.4, -0.2) is 59.2 Å². The van der Waals surface area contributed by atoms with Crippen LogP contribution in [0.2, 0.25) is 0 Å². The predicted molar refractivity (Wildman–Crippen MR) is 95.5 cm³/mol. The molecule has 3 rings (SSSR count). The van der Waals surface area contributed by atoms with Crippen LogP contribution in [-0.2, 0) is 4.79 Å². The molecule has 1 aliphatic carbocycles. The molecule has 1 aliphatic heterocycles. The van der Waals surface area contributed by atoms with Gasteiger partial charge in [0.2, 0.25) is 5.91 Å². The predicted octanol–water partition coefficient (Wildman–Crippen LogP) is 2.46. The maximum Gasteiger partial charge on any atom is 0.396 e. The fourth-order valence-electron chi connectivity index (χ4n) is 3.05. The van der Waals surface area contributed by atoms with Crippen LogP contribution < -0.4 is 10.2 Å². The van der Waals surface area contributed by atoms with Crippen molar-refractivity contribution in [2.24, 2.45) is 5.92 Å². The number of anilines is 1. The van der Waals surface area contributed by atoms with Crippen molar-refractivity contribution in [1.82, 2.24) is 20.2 Å². The number of aromatic nitrogens is 2. The van der Waals surface area contributed by atoms with Crippen molar-refractivity contribution in [3.05, 3.63) is 41.3 Å². The summed E-state index contributed by atoms with van der Waals surface area (Å²) in [6.07, 6.45) is 2.46. The van der Waals surface area contributed by atoms with Crippen molar-refractivity contribution in [3.63, 3.8) is 0 Å². The van der Waals surface area contributed by atoms with Gasteiger partial charge in [-0.15, -0.1) is 0 Å². The quantitative estimate of drug-likeness (QED) is 0.819. The second kappa shape index (κ2) is 7.78. The molecule has 28 heavy (non-hydrogen) atoms. The molecule has 7 nitrogen and oxygen atoms in total. The molecular formula is C17H17ClF3N5O2. The third kappa shape index (κ3) is 3.96. The zero-order chi connectivity index (χ0) is 20.5. The Labute approximate surface area is 163 Å². The SMILES string of the molecule is CN1C(=O)N(c2cnccn2)CC1C(=O)NCC1=C(Cl)C(C(F)(F)F)CC=C1. The number of hydrogen-bond donors (Lipinski definition) is 1. The van der Waals surface area contributed by atoms with Crippen LogP contribution in [0, 0.1) is 5.92 Å². The van der Waals surface area contributed by atoms with Crippen LogP contribution >= 0.6 is 11.6 Å². The van der Waals surface area contributed by atoms with Crippen LogP contribution in [0.4, 0.5) is 23.8 Å². The van der Waals surface area contributed by atoms with Crippen molar-refractivity contribution in [2.45, 2.75) is 18.6 Å². The first-order valence-electron chi connectivity index (χ1n) is 8.40. The number of allylic oxidation sites excluding steroid dienone is 2. The Morgan fingerprint density at radius 3 is 2.79 bits per heavy atom. The van der Waals surface area contributed by atoms with Gasteiger partial charge in [0.15, 0.2) is 5.82 Å². The van der Waals surface area contributed by atoms with Crippen LogP contribution in [0.25, 0.3) is 0 Å². The lowest BCUT2D eigenvalue weighted by molar-refractivity contribution is -0.161. The molecule has 150 valence electrons. The molecule has 1 N–H and O–H groups in total. The molecule has 2 unspecified atom stereocenters. The number of nitrogens with zero attached hydrogens (tertiary/aromatic N) is 4. The summed E-state index contributed by atoms with van der Waals surface area (Å²) in [7, 11) is 1.47. The van der Waals surface area contributed by atoms with E-state index in [-0.39, 0.29) is 30.1 Å². The monoisotopic (exact) mass is 415 g/mol. The van der Waals surface area contributed by atoms with Crippen molar-refractivity contribution in [3.8, 4) is 0 Å². The Kier molecular flexibility index (Phi) is 5.59. The molecule has 11 heteroatoms. The molecule has 3 amide bonds. The van der Waals surface area contributed by atoms with E-state index in [0.29, 0.717) is 5.82 Å². The first-order chi connectivity index (χ1) is 13.2. The van der Waals surface area contributed by atoms with Gasteiger partial charge in [-0.3, -0.25) is 14.7 Å². The molecule has 2 aliphatic rings. The molecule has 0 bridgehead atoms. The molecule has 0 aromatic carbocycles. The first-order valence-corrected chi connectivity index (χ1v) is 8.77. The van der Waals surface area contributed by atoms with E-state index < -0.39 is 30.1 Å². The van der Waals surface area contributed by atoms with Gasteiger partial charge in [-0.25, -0.2) is 9.78 Å². The number of alkyl halides is 3. The van der Waals surface area contributed by atoms with Gasteiger partial charge in [0.25, 0.3) is 0 Å². The summed E-state index contributed by atoms with van der Waals surface area (Å²) < 4.78 is 39.0. The van der Waals surface area contributed by atoms with Crippen LogP contribution in [0.3, 0.4) is 0 Å². The fraction of sp³-hybridized carbons (Fsp3) is 0.412. The molecule has 0 spiro atoms. The first kappa shape index (κ1) is 20.1. The van der Waals surface area contributed by atoms with E-state index in [2.05, 4.69) is 15.3 Å². The molecule has 0 radical (unpaired) electrons. The standard InChI is InChI=1S/C17H17ClF3N5O2/c1-25-12(9-26(16(25)28)13-8-22-5-6-23-13)15(27)24-7-10-3-2-4-11(14(10)18)17(19,20)21/h2-3,5-6,8,11-12H,4,7,9H2,1H3,(H,24,27). The van der Waals surface area contributed by atoms with Gasteiger partial charge in [0, 0.05) is 31.0 Å². The van der Waals surface area contributed by atoms with Crippen molar-refractivity contribution < 1.29 is 22.8 Å². The summed E-state index contributed by atoms with van der Waals surface area (Å²) in [4.78, 5) is 35.4. The van der Waals surface area contributed by atoms with Crippen LogP contribution in [0.15, 0.2) is 41.3 Å². The Balaban J connectivity index is 1.67. The molecular weight excluding hydrogens is 399 g/mol. The van der Waals surface area contributed by atoms with Crippen molar-refractivity contribution in [1.29, 1.82) is 0 Å². The van der Waals surface area contributed by atoms with Gasteiger partial charge in [-0.1, -0.05) is 23.8 Å². The highest BCUT2D eigenvalue weighted by Crippen LogP contribution is 2.40. The minimum Gasteiger partial charge on any atom is -0.350 e. The molecule has 1 saturated heterocycles. The van der Waals surface area contributed by atoms with E-state index in [1.54, 1.807) is 0 Å². The van der Waals surface area contributed by atoms with Crippen LogP contribution in [0.1, 0.15) is 6.42 Å². The highest BCUT2D eigenvalue weighted by molar-refractivity contribution is 6.30. The third-order valence-corrected chi connectivity index (χ3v) is 5.14. The maximum absolute atomic E-state index is 13.0. The molecule has 1 fully saturated rings. The normalized spacial score (nSPS) is 22.8. The van der Waals surface area contributed by atoms with E-state index >= 15 is 0 Å². The molecule has 2 atom stereocenters. The minimum absolute atomic E-state index is 0.0493. The van der Waals surface area contributed by atoms with Gasteiger partial charge in [-0.2, -0.15) is 13.2 Å². The Morgan fingerprint density at radius 1 is 1.39 bits per heavy atom. The highest BCUT2D eigenvalue weighted by atomic mass is 35.5. The lowest BCUT2D eigenvalue weighted by atomic mass is 9.95. The van der Waals surface area contributed by atoms with E-state index in [0.717, 1.165) is 0 Å². The highest BCUT2D eigenvalue weighted by Gasteiger charge is 2.43. The van der Waals surface area contributed by atoms with Gasteiger partial charge in [0.05, 0.1) is 18.7 Å². The van der Waals surface area contributed by atoms with E-state index in [9.17, 15) is 22.8 Å². The second-order valence-corrected chi connectivity index (χ2v) is 6.81. The number of likely N-dealkylation sites (N-methyl/N-ethyl adjacent to an activating group) is 1. The summed E-state index contributed by atoms with van der Waals surface area (Å²) in [5.74, 6) is -1.96. The molecule has 1 aromatic rings. The van der Waals surface area contributed by atoms with Gasteiger partial charge in [0.1, 0.15) is 6.04 Å². The number of rotatable bonds is 4. The summed E-state index contributed by atoms with van der Waals surface area (Å²) in [5.41, 5.74) is 0.196. The average Bonchev–Trinajstić information content (AvgIpc) is 2.96. The summed E-state index contributed by atoms with van der Waals surface area (Å²) in [5, 5.41) is 2.24. The van der Waals surface area contributed by atoms with Gasteiger partial charge >= 0.3 is 12.2 Å². The Morgan fingerprint density at radius 2 is 2.14 bits per heavy atom. The summed E-state index contributed by atoms with van der Waals surface area (Å²) in [6, 6.07) is -1.24. The average molecular weight is 416 g/mol. The number of halogens is 4. The van der Waals surface area contributed by atoms with Crippen molar-refractivity contribution in [2.75, 3.05) is 25.0 Å². The molecule has 0 saturated carbocycles. The number of nitrogens with one attached hydrogen (secondary N) is 1. The zero-order valence-corrected chi connectivity index (χ0v) is 15.5. The fourth-order valence-corrected chi connectivity index (χ4v) is 3.39. The number of carbonyl (C=O) groups excluding carboxylic acids is 2. The van der Waals surface area contributed by atoms with Gasteiger partial charge in [-0.05, 0) is 12.0 Å². The number of carbonyl (C=O) groups is 2. The molecule has 2 heterocycles. The Bertz CT molecular complexity index is 828. The maximum atomic E-state index is 13.0. The lowest BCUT2D eigenvalue weighted by Crippen LogP contribution is -2.44. The van der Waals surface area contributed by atoms with E-state index in [1.807, 2.05) is 0 Å². The number of hydrogen-bond acceptors (Lipinski definition) is 4. The van der Waals surface area contributed by atoms with Crippen molar-refractivity contribution >= 4 is 29.4 Å². The van der Waals surface area contributed by atoms with E-state index in [4.69, 9.17) is 11.6 Å². The smallest absolute Gasteiger partial charge is 0.350 e. The second-order valence-electron chi connectivity index (χ2n) is 6.41. The lowest BCUT2D eigenvalue weighted by Gasteiger charge is -2.24. The summed E-state index contributed by atoms with van der Waals surface area (Å²) >= 11 is 5.90. The molecule has 1 aromatic heterocycles. The summed E-state index contributed by atoms with van der Waals surface area (Å²) in [6.45, 7) is -0.113. The zero-order valence-electron chi connectivity index (χ0n) is 14.8.